The number of benzene rings is 9. The fraction of sp³-hybridized carbons (Fsp3) is 0.0196. The third-order valence-corrected chi connectivity index (χ3v) is 11.1. The first-order valence-electron chi connectivity index (χ1n) is 18.4. The van der Waals surface area contributed by atoms with Crippen molar-refractivity contribution in [2.75, 3.05) is 0 Å². The van der Waals surface area contributed by atoms with Gasteiger partial charge in [-0.15, -0.1) is 0 Å². The summed E-state index contributed by atoms with van der Waals surface area (Å²) in [6.45, 7) is 0. The number of nitrogens with one attached hydrogen (secondary N) is 1. The van der Waals surface area contributed by atoms with E-state index in [-0.39, 0.29) is 6.04 Å². The molecule has 0 spiro atoms. The number of para-hydroxylation sites is 2. The van der Waals surface area contributed by atoms with Crippen LogP contribution in [0.4, 0.5) is 0 Å². The molecule has 11 rings (SSSR count). The van der Waals surface area contributed by atoms with Crippen LogP contribution in [0.15, 0.2) is 194 Å². The summed E-state index contributed by atoms with van der Waals surface area (Å²) in [5.41, 5.74) is 9.64. The molecule has 0 bridgehead atoms. The molecule has 1 aliphatic rings. The second kappa shape index (κ2) is 11.8. The molecule has 2 nitrogen and oxygen atoms in total. The maximum absolute atomic E-state index is 4.03. The highest BCUT2D eigenvalue weighted by Crippen LogP contribution is 2.47. The zero-order valence-corrected chi connectivity index (χ0v) is 29.0. The van der Waals surface area contributed by atoms with Gasteiger partial charge in [-0.2, -0.15) is 0 Å². The normalized spacial score (nSPS) is 14.6. The van der Waals surface area contributed by atoms with Crippen LogP contribution in [-0.4, -0.2) is 4.57 Å². The molecule has 248 valence electrons. The van der Waals surface area contributed by atoms with E-state index in [4.69, 9.17) is 0 Å². The number of allylic oxidation sites excluding steroid dienone is 2. The molecule has 9 aromatic carbocycles. The summed E-state index contributed by atoms with van der Waals surface area (Å²) in [4.78, 5) is 0. The van der Waals surface area contributed by atoms with Gasteiger partial charge in [0.2, 0.25) is 0 Å². The Balaban J connectivity index is 1.22. The predicted octanol–water partition coefficient (Wildman–Crippen LogP) is 13.2. The first kappa shape index (κ1) is 29.8. The van der Waals surface area contributed by atoms with Crippen LogP contribution in [0.5, 0.6) is 0 Å². The molecule has 0 fully saturated rings. The van der Waals surface area contributed by atoms with Crippen LogP contribution in [0.1, 0.15) is 22.7 Å². The lowest BCUT2D eigenvalue weighted by atomic mass is 9.86. The lowest BCUT2D eigenvalue weighted by Crippen LogP contribution is -2.22. The molecule has 0 saturated carbocycles. The molecule has 1 aliphatic heterocycles. The molecule has 0 aliphatic carbocycles. The molecule has 53 heavy (non-hydrogen) atoms. The molecular weight excluding hydrogens is 641 g/mol. The Morgan fingerprint density at radius 1 is 0.434 bits per heavy atom. The average molecular weight is 675 g/mol. The number of dihydropyridines is 1. The summed E-state index contributed by atoms with van der Waals surface area (Å²) in [6, 6.07) is 66.3. The summed E-state index contributed by atoms with van der Waals surface area (Å²) in [7, 11) is 0. The number of hydrogen-bond acceptors (Lipinski definition) is 1. The van der Waals surface area contributed by atoms with Gasteiger partial charge in [0.1, 0.15) is 0 Å². The smallest absolute Gasteiger partial charge is 0.0713 e. The van der Waals surface area contributed by atoms with E-state index in [1.165, 1.54) is 92.8 Å². The van der Waals surface area contributed by atoms with E-state index in [9.17, 15) is 0 Å². The van der Waals surface area contributed by atoms with E-state index in [2.05, 4.69) is 204 Å². The molecule has 1 N–H and O–H groups in total. The van der Waals surface area contributed by atoms with Gasteiger partial charge in [0.25, 0.3) is 0 Å². The van der Waals surface area contributed by atoms with Gasteiger partial charge in [0.05, 0.1) is 17.1 Å². The van der Waals surface area contributed by atoms with E-state index < -0.39 is 0 Å². The molecule has 0 amide bonds. The Bertz CT molecular complexity index is 3130. The molecule has 1 aromatic heterocycles. The number of hydrogen-bond donors (Lipinski definition) is 1. The van der Waals surface area contributed by atoms with Gasteiger partial charge >= 0.3 is 0 Å². The van der Waals surface area contributed by atoms with Crippen molar-refractivity contribution in [3.05, 3.63) is 211 Å². The maximum atomic E-state index is 4.03. The fourth-order valence-corrected chi connectivity index (χ4v) is 8.80. The third-order valence-electron chi connectivity index (χ3n) is 11.1. The van der Waals surface area contributed by atoms with Crippen LogP contribution in [0, 0.1) is 0 Å². The topological polar surface area (TPSA) is 17.0 Å². The SMILES string of the molecule is C1=C(c2ccccc2)C=C(c2ccc3ccccc3c2)NC1c1cc2c3ccccc3c3c(c4ccccc4n3-c3ccccc3)c2c2ccccc12. The average Bonchev–Trinajstić information content (AvgIpc) is 3.59. The van der Waals surface area contributed by atoms with Gasteiger partial charge in [0.15, 0.2) is 0 Å². The summed E-state index contributed by atoms with van der Waals surface area (Å²) in [6.07, 6.45) is 4.73. The number of nitrogens with zero attached hydrogens (tertiary/aromatic N) is 1. The van der Waals surface area contributed by atoms with Crippen molar-refractivity contribution in [2.45, 2.75) is 6.04 Å². The monoisotopic (exact) mass is 674 g/mol. The number of rotatable bonds is 4. The standard InChI is InChI=1S/C51H34N2/c1-3-15-33(16-4-1)37-30-46(36-28-27-34-17-7-8-18-35(34)29-36)52-47(31-37)44-32-45-40-22-10-12-24-42(40)51-50(49(45)41-23-11-9-21-39(41)44)43-25-13-14-26-48(43)53(51)38-19-5-2-6-20-38/h1-32,47,52H. The molecule has 0 saturated heterocycles. The van der Waals surface area contributed by atoms with E-state index >= 15 is 0 Å². The van der Waals surface area contributed by atoms with E-state index in [0.717, 1.165) is 5.70 Å². The quantitative estimate of drug-likeness (QED) is 0.184. The Labute approximate surface area is 307 Å². The lowest BCUT2D eigenvalue weighted by molar-refractivity contribution is 0.774. The van der Waals surface area contributed by atoms with Crippen molar-refractivity contribution in [1.82, 2.24) is 9.88 Å². The van der Waals surface area contributed by atoms with Crippen molar-refractivity contribution in [1.29, 1.82) is 0 Å². The Hall–Kier alpha value is -6.90. The Morgan fingerprint density at radius 3 is 1.89 bits per heavy atom. The van der Waals surface area contributed by atoms with Crippen molar-refractivity contribution in [2.24, 2.45) is 0 Å². The fourth-order valence-electron chi connectivity index (χ4n) is 8.80. The van der Waals surface area contributed by atoms with Crippen LogP contribution >= 0.6 is 0 Å². The van der Waals surface area contributed by atoms with Crippen molar-refractivity contribution in [3.8, 4) is 5.69 Å². The predicted molar refractivity (Wildman–Crippen MR) is 226 cm³/mol. The highest BCUT2D eigenvalue weighted by atomic mass is 15.0. The van der Waals surface area contributed by atoms with Gasteiger partial charge in [0, 0.05) is 32.9 Å². The summed E-state index contributed by atoms with van der Waals surface area (Å²) < 4.78 is 2.47. The van der Waals surface area contributed by atoms with Gasteiger partial charge in [-0.25, -0.2) is 0 Å². The summed E-state index contributed by atoms with van der Waals surface area (Å²) in [5, 5.41) is 16.7. The van der Waals surface area contributed by atoms with E-state index in [0.29, 0.717) is 0 Å². The van der Waals surface area contributed by atoms with Crippen molar-refractivity contribution in [3.63, 3.8) is 0 Å². The van der Waals surface area contributed by atoms with Crippen LogP contribution in [0.2, 0.25) is 0 Å². The second-order valence-electron chi connectivity index (χ2n) is 14.1. The number of aromatic nitrogens is 1. The zero-order chi connectivity index (χ0) is 34.9. The lowest BCUT2D eigenvalue weighted by Gasteiger charge is -2.27. The minimum Gasteiger partial charge on any atom is -0.374 e. The molecule has 2 heteroatoms. The Kier molecular flexibility index (Phi) is 6.65. The molecule has 10 aromatic rings. The van der Waals surface area contributed by atoms with E-state index in [1.807, 2.05) is 0 Å². The summed E-state index contributed by atoms with van der Waals surface area (Å²) >= 11 is 0. The molecular formula is C51H34N2. The highest BCUT2D eigenvalue weighted by Gasteiger charge is 2.25. The number of fused-ring (bicyclic) bond motifs is 11. The van der Waals surface area contributed by atoms with Gasteiger partial charge in [-0.1, -0.05) is 152 Å². The van der Waals surface area contributed by atoms with Crippen LogP contribution in [0.25, 0.3) is 81.9 Å². The first-order chi connectivity index (χ1) is 26.3. The van der Waals surface area contributed by atoms with E-state index in [1.54, 1.807) is 0 Å². The van der Waals surface area contributed by atoms with Crippen molar-refractivity contribution >= 4 is 76.2 Å². The van der Waals surface area contributed by atoms with Crippen LogP contribution in [0.3, 0.4) is 0 Å². The summed E-state index contributed by atoms with van der Waals surface area (Å²) in [5.74, 6) is 0. The first-order valence-corrected chi connectivity index (χ1v) is 18.4. The highest BCUT2D eigenvalue weighted by molar-refractivity contribution is 6.37. The van der Waals surface area contributed by atoms with Gasteiger partial charge < -0.3 is 9.88 Å². The van der Waals surface area contributed by atoms with Gasteiger partial charge in [-0.3, -0.25) is 0 Å². The largest absolute Gasteiger partial charge is 0.374 e. The molecule has 0 radical (unpaired) electrons. The van der Waals surface area contributed by atoms with Crippen molar-refractivity contribution < 1.29 is 0 Å². The Morgan fingerprint density at radius 2 is 1.08 bits per heavy atom. The zero-order valence-electron chi connectivity index (χ0n) is 29.0. The molecule has 1 unspecified atom stereocenters. The van der Waals surface area contributed by atoms with Gasteiger partial charge in [-0.05, 0) is 97.1 Å². The molecule has 1 atom stereocenters. The minimum atomic E-state index is -0.0638. The third kappa shape index (κ3) is 4.66. The minimum absolute atomic E-state index is 0.0638. The molecule has 2 heterocycles. The maximum Gasteiger partial charge on any atom is 0.0713 e. The van der Waals surface area contributed by atoms with Crippen LogP contribution < -0.4 is 5.32 Å². The van der Waals surface area contributed by atoms with Crippen LogP contribution in [-0.2, 0) is 0 Å². The second-order valence-corrected chi connectivity index (χ2v) is 14.1.